The number of rotatable bonds is 6. The lowest BCUT2D eigenvalue weighted by Crippen LogP contribution is -2.30. The third-order valence-corrected chi connectivity index (χ3v) is 5.85. The first-order chi connectivity index (χ1) is 15.0. The number of benzene rings is 4. The van der Waals surface area contributed by atoms with Crippen molar-refractivity contribution >= 4 is 27.5 Å². The molecule has 0 aromatic heterocycles. The van der Waals surface area contributed by atoms with E-state index in [1.165, 1.54) is 0 Å². The average Bonchev–Trinajstić information content (AvgIpc) is 2.81. The zero-order valence-corrected chi connectivity index (χ0v) is 18.4. The van der Waals surface area contributed by atoms with Crippen LogP contribution in [0.15, 0.2) is 72.8 Å². The number of carbonyl (C=O) groups is 1. The Morgan fingerprint density at radius 1 is 0.774 bits per heavy atom. The number of hydrogen-bond donors (Lipinski definition) is 0. The maximum atomic E-state index is 13.1. The van der Waals surface area contributed by atoms with Crippen molar-refractivity contribution in [1.29, 1.82) is 0 Å². The van der Waals surface area contributed by atoms with E-state index in [2.05, 4.69) is 30.3 Å². The number of ether oxygens (including phenoxy) is 2. The summed E-state index contributed by atoms with van der Waals surface area (Å²) in [7, 11) is 5.20. The predicted molar refractivity (Wildman–Crippen MR) is 126 cm³/mol. The maximum absolute atomic E-state index is 13.1. The van der Waals surface area contributed by atoms with Crippen LogP contribution in [0, 0.1) is 0 Å². The maximum Gasteiger partial charge on any atom is 0.229 e. The predicted octanol–water partition coefficient (Wildman–Crippen LogP) is 5.77. The molecule has 1 atom stereocenters. The molecule has 0 fully saturated rings. The van der Waals surface area contributed by atoms with Crippen molar-refractivity contribution in [2.45, 2.75) is 19.4 Å². The van der Waals surface area contributed by atoms with Crippen molar-refractivity contribution in [1.82, 2.24) is 4.90 Å². The molecule has 0 bridgehead atoms. The van der Waals surface area contributed by atoms with Gasteiger partial charge in [-0.15, -0.1) is 0 Å². The summed E-state index contributed by atoms with van der Waals surface area (Å²) in [5.41, 5.74) is 2.12. The molecule has 4 heteroatoms. The van der Waals surface area contributed by atoms with Crippen molar-refractivity contribution in [3.05, 3.63) is 83.9 Å². The summed E-state index contributed by atoms with van der Waals surface area (Å²) < 4.78 is 10.6. The molecule has 0 N–H and O–H groups in total. The van der Waals surface area contributed by atoms with Crippen molar-refractivity contribution in [2.24, 2.45) is 0 Å². The number of fused-ring (bicyclic) bond motifs is 2. The number of hydrogen-bond acceptors (Lipinski definition) is 3. The Kier molecular flexibility index (Phi) is 5.81. The van der Waals surface area contributed by atoms with Gasteiger partial charge in [0.2, 0.25) is 5.91 Å². The van der Waals surface area contributed by atoms with Crippen LogP contribution in [0.5, 0.6) is 11.5 Å². The topological polar surface area (TPSA) is 38.8 Å². The molecule has 0 spiro atoms. The van der Waals surface area contributed by atoms with Crippen LogP contribution in [0.2, 0.25) is 0 Å². The third-order valence-electron chi connectivity index (χ3n) is 5.85. The van der Waals surface area contributed by atoms with E-state index in [1.54, 1.807) is 19.1 Å². The van der Waals surface area contributed by atoms with Crippen LogP contribution in [0.4, 0.5) is 0 Å². The smallest absolute Gasteiger partial charge is 0.229 e. The molecule has 0 aliphatic heterocycles. The fraction of sp³-hybridized carbons (Fsp3) is 0.222. The minimum absolute atomic E-state index is 0.0997. The van der Waals surface area contributed by atoms with Crippen molar-refractivity contribution in [3.8, 4) is 11.5 Å². The van der Waals surface area contributed by atoms with Gasteiger partial charge >= 0.3 is 0 Å². The first-order valence-corrected chi connectivity index (χ1v) is 10.4. The zero-order valence-electron chi connectivity index (χ0n) is 18.4. The zero-order chi connectivity index (χ0) is 22.0. The molecule has 0 saturated carbocycles. The van der Waals surface area contributed by atoms with Gasteiger partial charge < -0.3 is 14.4 Å². The lowest BCUT2D eigenvalue weighted by molar-refractivity contribution is -0.131. The second kappa shape index (κ2) is 8.68. The standard InChI is InChI=1S/C27H27NO3/c1-18(20-7-8-24-16-26(31-4)12-10-22(24)14-20)27(29)28(2)17-19-5-6-23-15-25(30-3)11-9-21(23)13-19/h5-16,18H,17H2,1-4H3/t18-/m0/s1. The van der Waals surface area contributed by atoms with Crippen LogP contribution in [0.1, 0.15) is 24.0 Å². The Morgan fingerprint density at radius 2 is 1.29 bits per heavy atom. The van der Waals surface area contributed by atoms with E-state index in [1.807, 2.05) is 56.4 Å². The SMILES string of the molecule is COc1ccc2cc(CN(C)C(=O)[C@@H](C)c3ccc4cc(OC)ccc4c3)ccc2c1. The largest absolute Gasteiger partial charge is 0.497 e. The second-order valence-corrected chi connectivity index (χ2v) is 7.94. The van der Waals surface area contributed by atoms with Gasteiger partial charge in [0.1, 0.15) is 11.5 Å². The first-order valence-electron chi connectivity index (χ1n) is 10.4. The highest BCUT2D eigenvalue weighted by molar-refractivity contribution is 5.88. The van der Waals surface area contributed by atoms with Crippen molar-refractivity contribution in [3.63, 3.8) is 0 Å². The van der Waals surface area contributed by atoms with Gasteiger partial charge in [-0.1, -0.05) is 42.5 Å². The van der Waals surface area contributed by atoms with Gasteiger partial charge in [-0.3, -0.25) is 4.79 Å². The Balaban J connectivity index is 1.50. The summed E-state index contributed by atoms with van der Waals surface area (Å²) in [5, 5.41) is 4.46. The Bertz CT molecular complexity index is 1250. The van der Waals surface area contributed by atoms with E-state index in [9.17, 15) is 4.79 Å². The molecule has 0 saturated heterocycles. The Labute approximate surface area is 183 Å². The molecule has 4 nitrogen and oxygen atoms in total. The van der Waals surface area contributed by atoms with Crippen LogP contribution >= 0.6 is 0 Å². The van der Waals surface area contributed by atoms with Crippen LogP contribution in [-0.2, 0) is 11.3 Å². The molecule has 4 aromatic rings. The summed E-state index contributed by atoms with van der Waals surface area (Å²) in [4.78, 5) is 14.9. The average molecular weight is 414 g/mol. The summed E-state index contributed by atoms with van der Waals surface area (Å²) in [6, 6.07) is 24.5. The number of nitrogens with zero attached hydrogens (tertiary/aromatic N) is 1. The van der Waals surface area contributed by atoms with Crippen molar-refractivity contribution < 1.29 is 14.3 Å². The lowest BCUT2D eigenvalue weighted by atomic mass is 9.96. The van der Waals surface area contributed by atoms with E-state index in [0.29, 0.717) is 6.54 Å². The highest BCUT2D eigenvalue weighted by Gasteiger charge is 2.20. The van der Waals surface area contributed by atoms with Crippen molar-refractivity contribution in [2.75, 3.05) is 21.3 Å². The monoisotopic (exact) mass is 413 g/mol. The lowest BCUT2D eigenvalue weighted by Gasteiger charge is -2.22. The molecule has 0 aliphatic rings. The summed E-state index contributed by atoms with van der Waals surface area (Å²) >= 11 is 0. The molecule has 0 aliphatic carbocycles. The van der Waals surface area contributed by atoms with Gasteiger partial charge in [0.05, 0.1) is 20.1 Å². The summed E-state index contributed by atoms with van der Waals surface area (Å²) in [6.07, 6.45) is 0. The van der Waals surface area contributed by atoms with Gasteiger partial charge in [-0.2, -0.15) is 0 Å². The number of amides is 1. The van der Waals surface area contributed by atoms with Crippen LogP contribution < -0.4 is 9.47 Å². The number of methoxy groups -OCH3 is 2. The van der Waals surface area contributed by atoms with Gasteiger partial charge in [-0.05, 0) is 69.9 Å². The van der Waals surface area contributed by atoms with Crippen LogP contribution in [0.3, 0.4) is 0 Å². The highest BCUT2D eigenvalue weighted by atomic mass is 16.5. The van der Waals surface area contributed by atoms with E-state index in [-0.39, 0.29) is 11.8 Å². The highest BCUT2D eigenvalue weighted by Crippen LogP contribution is 2.27. The fourth-order valence-corrected chi connectivity index (χ4v) is 3.96. The molecule has 4 rings (SSSR count). The Morgan fingerprint density at radius 3 is 1.90 bits per heavy atom. The summed E-state index contributed by atoms with van der Waals surface area (Å²) in [5.74, 6) is 1.55. The van der Waals surface area contributed by atoms with E-state index < -0.39 is 0 Å². The van der Waals surface area contributed by atoms with E-state index in [0.717, 1.165) is 44.2 Å². The quantitative estimate of drug-likeness (QED) is 0.403. The van der Waals surface area contributed by atoms with Gasteiger partial charge in [0, 0.05) is 13.6 Å². The molecular formula is C27H27NO3. The number of likely N-dealkylation sites (N-methyl/N-ethyl adjacent to an activating group) is 1. The molecule has 0 radical (unpaired) electrons. The molecular weight excluding hydrogens is 386 g/mol. The molecule has 0 unspecified atom stereocenters. The fourth-order valence-electron chi connectivity index (χ4n) is 3.96. The normalized spacial score (nSPS) is 12.0. The van der Waals surface area contributed by atoms with Gasteiger partial charge in [0.25, 0.3) is 0 Å². The molecule has 0 heterocycles. The first kappa shape index (κ1) is 20.7. The molecule has 4 aromatic carbocycles. The van der Waals surface area contributed by atoms with Crippen LogP contribution in [0.25, 0.3) is 21.5 Å². The molecule has 31 heavy (non-hydrogen) atoms. The molecule has 1 amide bonds. The Hall–Kier alpha value is -3.53. The minimum atomic E-state index is -0.221. The number of carbonyl (C=O) groups excluding carboxylic acids is 1. The molecule has 158 valence electrons. The summed E-state index contributed by atoms with van der Waals surface area (Å²) in [6.45, 7) is 2.53. The van der Waals surface area contributed by atoms with E-state index >= 15 is 0 Å². The van der Waals surface area contributed by atoms with Gasteiger partial charge in [0.15, 0.2) is 0 Å². The van der Waals surface area contributed by atoms with E-state index in [4.69, 9.17) is 9.47 Å². The minimum Gasteiger partial charge on any atom is -0.497 e. The third kappa shape index (κ3) is 4.33. The van der Waals surface area contributed by atoms with Crippen LogP contribution in [-0.4, -0.2) is 32.1 Å². The second-order valence-electron chi connectivity index (χ2n) is 7.94. The van der Waals surface area contributed by atoms with Gasteiger partial charge in [-0.25, -0.2) is 0 Å².